The summed E-state index contributed by atoms with van der Waals surface area (Å²) >= 11 is 0. The molecule has 0 bridgehead atoms. The van der Waals surface area contributed by atoms with Gasteiger partial charge in [0.05, 0.1) is 17.2 Å². The van der Waals surface area contributed by atoms with E-state index in [2.05, 4.69) is 4.98 Å². The van der Waals surface area contributed by atoms with E-state index in [1.54, 1.807) is 0 Å². The first-order valence-corrected chi connectivity index (χ1v) is 3.84. The summed E-state index contributed by atoms with van der Waals surface area (Å²) in [6.07, 6.45) is -3.14. The average molecular weight is 227 g/mol. The molecule has 0 aliphatic heterocycles. The van der Waals surface area contributed by atoms with Gasteiger partial charge < -0.3 is 10.1 Å². The van der Waals surface area contributed by atoms with Gasteiger partial charge in [0.15, 0.2) is 6.29 Å². The quantitative estimate of drug-likeness (QED) is 0.443. The van der Waals surface area contributed by atoms with Gasteiger partial charge in [0.25, 0.3) is 0 Å². The largest absolute Gasteiger partial charge is 0.365 e. The summed E-state index contributed by atoms with van der Waals surface area (Å²) in [6, 6.07) is 2.10. The number of carbonyl (C=O) groups excluding carboxylic acids is 1. The van der Waals surface area contributed by atoms with E-state index < -0.39 is 34.0 Å². The van der Waals surface area contributed by atoms with Gasteiger partial charge in [-0.1, -0.05) is 0 Å². The molecule has 1 aromatic heterocycles. The van der Waals surface area contributed by atoms with Gasteiger partial charge >= 0.3 is 12.2 Å². The number of nitrogens with zero attached hydrogens (tertiary/aromatic N) is 3. The average Bonchev–Trinajstić information content (AvgIpc) is 2.26. The van der Waals surface area contributed by atoms with Crippen molar-refractivity contribution >= 4 is 12.1 Å². The third-order valence-corrected chi connectivity index (χ3v) is 1.71. The normalized spacial score (nSPS) is 9.88. The Hall–Kier alpha value is -2.43. The molecule has 0 saturated heterocycles. The molecule has 1 aromatic rings. The zero-order valence-corrected chi connectivity index (χ0v) is 7.55. The number of hydrogen-bond acceptors (Lipinski definition) is 5. The maximum atomic E-state index is 12.4. The molecule has 8 heteroatoms. The lowest BCUT2D eigenvalue weighted by molar-refractivity contribution is -0.389. The van der Waals surface area contributed by atoms with Crippen LogP contribution in [0.1, 0.15) is 28.0 Å². The van der Waals surface area contributed by atoms with Crippen molar-refractivity contribution in [3.63, 3.8) is 0 Å². The Morgan fingerprint density at radius 2 is 2.25 bits per heavy atom. The topological polar surface area (TPSA) is 96.9 Å². The highest BCUT2D eigenvalue weighted by Gasteiger charge is 2.26. The first-order valence-electron chi connectivity index (χ1n) is 3.84. The van der Waals surface area contributed by atoms with Crippen LogP contribution in [0.25, 0.3) is 0 Å². The van der Waals surface area contributed by atoms with Crippen LogP contribution in [0.3, 0.4) is 0 Å². The molecule has 0 spiro atoms. The predicted octanol–water partition coefficient (Wildman–Crippen LogP) is 1.61. The molecular formula is C8H3F2N3O3. The van der Waals surface area contributed by atoms with Crippen LogP contribution >= 0.6 is 0 Å². The molecule has 0 N–H and O–H groups in total. The first kappa shape index (κ1) is 11.6. The molecule has 0 aliphatic rings. The second-order valence-electron chi connectivity index (χ2n) is 2.61. The molecule has 0 atom stereocenters. The highest BCUT2D eigenvalue weighted by molar-refractivity contribution is 5.81. The molecule has 0 fully saturated rings. The van der Waals surface area contributed by atoms with Gasteiger partial charge in [-0.25, -0.2) is 8.78 Å². The molecule has 6 nitrogen and oxygen atoms in total. The van der Waals surface area contributed by atoms with Crippen LogP contribution in [-0.4, -0.2) is 16.2 Å². The van der Waals surface area contributed by atoms with Gasteiger partial charge in [-0.3, -0.25) is 4.79 Å². The zero-order valence-electron chi connectivity index (χ0n) is 7.55. The molecule has 0 aromatic carbocycles. The maximum Gasteiger partial charge on any atom is 0.365 e. The number of hydrogen-bond donors (Lipinski definition) is 0. The molecule has 1 heterocycles. The van der Waals surface area contributed by atoms with E-state index in [0.29, 0.717) is 6.07 Å². The lowest BCUT2D eigenvalue weighted by atomic mass is 10.1. The fourth-order valence-electron chi connectivity index (χ4n) is 1.04. The van der Waals surface area contributed by atoms with Crippen LogP contribution in [0, 0.1) is 21.4 Å². The van der Waals surface area contributed by atoms with E-state index in [1.165, 1.54) is 6.07 Å². The van der Waals surface area contributed by atoms with Crippen molar-refractivity contribution in [1.82, 2.24) is 4.98 Å². The van der Waals surface area contributed by atoms with Gasteiger partial charge in [0, 0.05) is 0 Å². The summed E-state index contributed by atoms with van der Waals surface area (Å²) in [5.41, 5.74) is -2.17. The highest BCUT2D eigenvalue weighted by atomic mass is 19.3. The zero-order chi connectivity index (χ0) is 12.3. The lowest BCUT2D eigenvalue weighted by Crippen LogP contribution is -2.04. The fraction of sp³-hybridized carbons (Fsp3) is 0.125. The third kappa shape index (κ3) is 1.98. The predicted molar refractivity (Wildman–Crippen MR) is 46.0 cm³/mol. The Labute approximate surface area is 87.3 Å². The van der Waals surface area contributed by atoms with Crippen LogP contribution < -0.4 is 0 Å². The third-order valence-electron chi connectivity index (χ3n) is 1.71. The number of aromatic nitrogens is 1. The van der Waals surface area contributed by atoms with Gasteiger partial charge in [-0.15, -0.1) is 0 Å². The van der Waals surface area contributed by atoms with E-state index in [1.807, 2.05) is 0 Å². The van der Waals surface area contributed by atoms with Gasteiger partial charge in [-0.2, -0.15) is 5.26 Å². The number of nitro groups is 1. The van der Waals surface area contributed by atoms with Crippen molar-refractivity contribution in [3.05, 3.63) is 33.0 Å². The van der Waals surface area contributed by atoms with Crippen LogP contribution in [0.15, 0.2) is 6.07 Å². The summed E-state index contributed by atoms with van der Waals surface area (Å²) in [4.78, 5) is 22.8. The molecule has 0 unspecified atom stereocenters. The van der Waals surface area contributed by atoms with Gasteiger partial charge in [-0.05, 0) is 9.91 Å². The fourth-order valence-corrected chi connectivity index (χ4v) is 1.04. The number of alkyl halides is 2. The summed E-state index contributed by atoms with van der Waals surface area (Å²) in [5.74, 6) is -0.891. The summed E-state index contributed by atoms with van der Waals surface area (Å²) in [5, 5.41) is 18.9. The van der Waals surface area contributed by atoms with Crippen molar-refractivity contribution in [2.45, 2.75) is 6.43 Å². The van der Waals surface area contributed by atoms with Crippen molar-refractivity contribution in [2.24, 2.45) is 0 Å². The second-order valence-corrected chi connectivity index (χ2v) is 2.61. The Morgan fingerprint density at radius 3 is 2.62 bits per heavy atom. The summed E-state index contributed by atoms with van der Waals surface area (Å²) < 4.78 is 24.8. The first-order chi connectivity index (χ1) is 7.51. The molecule has 82 valence electrons. The molecule has 0 aliphatic carbocycles. The monoisotopic (exact) mass is 227 g/mol. The van der Waals surface area contributed by atoms with Gasteiger partial charge in [0.2, 0.25) is 5.69 Å². The Bertz CT molecular complexity index is 496. The minimum atomic E-state index is -3.16. The highest BCUT2D eigenvalue weighted by Crippen LogP contribution is 2.25. The van der Waals surface area contributed by atoms with E-state index >= 15 is 0 Å². The van der Waals surface area contributed by atoms with Gasteiger partial charge in [0.1, 0.15) is 6.07 Å². The summed E-state index contributed by atoms with van der Waals surface area (Å²) in [7, 11) is 0. The number of pyridine rings is 1. The van der Waals surface area contributed by atoms with E-state index in [9.17, 15) is 23.7 Å². The van der Waals surface area contributed by atoms with Crippen LogP contribution in [-0.2, 0) is 0 Å². The van der Waals surface area contributed by atoms with E-state index in [0.717, 1.165) is 0 Å². The SMILES string of the molecule is N#Cc1cc([N+](=O)[O-])nc(C(F)F)c1C=O. The van der Waals surface area contributed by atoms with Crippen molar-refractivity contribution in [3.8, 4) is 6.07 Å². The molecular weight excluding hydrogens is 224 g/mol. The smallest absolute Gasteiger partial charge is 0.358 e. The minimum Gasteiger partial charge on any atom is -0.358 e. The maximum absolute atomic E-state index is 12.4. The van der Waals surface area contributed by atoms with E-state index in [4.69, 9.17) is 5.26 Å². The Balaban J connectivity index is 3.57. The van der Waals surface area contributed by atoms with Crippen LogP contribution in [0.5, 0.6) is 0 Å². The van der Waals surface area contributed by atoms with Crippen molar-refractivity contribution in [1.29, 1.82) is 5.26 Å². The standard InChI is InChI=1S/C8H3F2N3O3/c9-8(10)7-5(3-14)4(2-11)1-6(12-7)13(15)16/h1,3,8H. The Morgan fingerprint density at radius 1 is 1.62 bits per heavy atom. The molecule has 0 saturated carbocycles. The Kier molecular flexibility index (Phi) is 3.20. The number of aldehydes is 1. The van der Waals surface area contributed by atoms with E-state index in [-0.39, 0.29) is 6.29 Å². The number of rotatable bonds is 3. The van der Waals surface area contributed by atoms with Crippen molar-refractivity contribution in [2.75, 3.05) is 0 Å². The molecule has 1 rings (SSSR count). The molecule has 0 amide bonds. The summed E-state index contributed by atoms with van der Waals surface area (Å²) in [6.45, 7) is 0. The number of nitriles is 1. The lowest BCUT2D eigenvalue weighted by Gasteiger charge is -2.00. The van der Waals surface area contributed by atoms with Crippen LogP contribution in [0.4, 0.5) is 14.6 Å². The molecule has 0 radical (unpaired) electrons. The number of carbonyl (C=O) groups is 1. The second kappa shape index (κ2) is 4.39. The molecule has 16 heavy (non-hydrogen) atoms. The van der Waals surface area contributed by atoms with Crippen molar-refractivity contribution < 1.29 is 18.5 Å². The van der Waals surface area contributed by atoms with Crippen LogP contribution in [0.2, 0.25) is 0 Å². The minimum absolute atomic E-state index is 0.0246. The number of halogens is 2.